The minimum atomic E-state index is -0.532. The van der Waals surface area contributed by atoms with Crippen LogP contribution in [0, 0.1) is 0 Å². The first-order valence-corrected chi connectivity index (χ1v) is 6.57. The Kier molecular flexibility index (Phi) is 4.74. The normalized spacial score (nSPS) is 10.5. The van der Waals surface area contributed by atoms with Crippen LogP contribution in [0.25, 0.3) is 0 Å². The van der Waals surface area contributed by atoms with Crippen molar-refractivity contribution in [1.82, 2.24) is 0 Å². The Morgan fingerprint density at radius 1 is 1.05 bits per heavy atom. The Labute approximate surface area is 127 Å². The van der Waals surface area contributed by atoms with E-state index in [1.54, 1.807) is 48.5 Å². The molecule has 5 heteroatoms. The molecule has 0 spiro atoms. The van der Waals surface area contributed by atoms with Crippen molar-refractivity contribution < 1.29 is 9.59 Å². The highest BCUT2D eigenvalue weighted by Crippen LogP contribution is 2.14. The van der Waals surface area contributed by atoms with E-state index in [9.17, 15) is 9.59 Å². The lowest BCUT2D eigenvalue weighted by Gasteiger charge is -2.05. The van der Waals surface area contributed by atoms with E-state index in [1.165, 1.54) is 12.3 Å². The van der Waals surface area contributed by atoms with Gasteiger partial charge in [0.15, 0.2) is 5.78 Å². The van der Waals surface area contributed by atoms with Crippen LogP contribution in [0.15, 0.2) is 60.8 Å². The van der Waals surface area contributed by atoms with Gasteiger partial charge in [-0.1, -0.05) is 23.7 Å². The van der Waals surface area contributed by atoms with E-state index in [2.05, 4.69) is 5.32 Å². The molecule has 0 aliphatic carbocycles. The Hall–Kier alpha value is -2.59. The largest absolute Gasteiger partial charge is 0.366 e. The van der Waals surface area contributed by atoms with E-state index in [0.29, 0.717) is 21.8 Å². The summed E-state index contributed by atoms with van der Waals surface area (Å²) in [5.41, 5.74) is 6.71. The number of benzene rings is 2. The number of para-hydroxylation sites is 1. The molecule has 0 aliphatic rings. The van der Waals surface area contributed by atoms with Gasteiger partial charge in [0.05, 0.1) is 11.3 Å². The number of ketones is 1. The fourth-order valence-electron chi connectivity index (χ4n) is 1.74. The van der Waals surface area contributed by atoms with Crippen molar-refractivity contribution in [3.63, 3.8) is 0 Å². The van der Waals surface area contributed by atoms with Crippen molar-refractivity contribution in [3.8, 4) is 0 Å². The second-order valence-electron chi connectivity index (χ2n) is 4.26. The van der Waals surface area contributed by atoms with Crippen LogP contribution in [0.4, 0.5) is 5.69 Å². The summed E-state index contributed by atoms with van der Waals surface area (Å²) in [5.74, 6) is -0.703. The summed E-state index contributed by atoms with van der Waals surface area (Å²) < 4.78 is 0. The molecule has 0 atom stereocenters. The van der Waals surface area contributed by atoms with Crippen LogP contribution in [0.1, 0.15) is 20.7 Å². The number of carbonyl (C=O) groups is 2. The zero-order chi connectivity index (χ0) is 15.2. The van der Waals surface area contributed by atoms with Gasteiger partial charge in [0, 0.05) is 22.9 Å². The van der Waals surface area contributed by atoms with E-state index in [-0.39, 0.29) is 5.78 Å². The predicted molar refractivity (Wildman–Crippen MR) is 83.5 cm³/mol. The molecule has 0 aromatic heterocycles. The molecule has 0 radical (unpaired) electrons. The van der Waals surface area contributed by atoms with Gasteiger partial charge in [-0.05, 0) is 36.4 Å². The number of amides is 1. The van der Waals surface area contributed by atoms with Crippen molar-refractivity contribution in [2.45, 2.75) is 0 Å². The molecular weight excluding hydrogens is 288 g/mol. The molecule has 0 saturated carbocycles. The predicted octanol–water partition coefficient (Wildman–Crippen LogP) is 3.25. The summed E-state index contributed by atoms with van der Waals surface area (Å²) in [6.45, 7) is 0. The molecule has 0 bridgehead atoms. The maximum atomic E-state index is 11.9. The van der Waals surface area contributed by atoms with Crippen LogP contribution in [-0.2, 0) is 0 Å². The molecule has 21 heavy (non-hydrogen) atoms. The van der Waals surface area contributed by atoms with Crippen LogP contribution >= 0.6 is 11.6 Å². The quantitative estimate of drug-likeness (QED) is 0.657. The highest BCUT2D eigenvalue weighted by atomic mass is 35.5. The molecule has 1 amide bonds. The first kappa shape index (κ1) is 14.8. The molecule has 106 valence electrons. The highest BCUT2D eigenvalue weighted by molar-refractivity contribution is 6.30. The molecule has 3 N–H and O–H groups in total. The van der Waals surface area contributed by atoms with E-state index in [4.69, 9.17) is 17.3 Å². The van der Waals surface area contributed by atoms with Gasteiger partial charge in [0.25, 0.3) is 5.91 Å². The van der Waals surface area contributed by atoms with Crippen molar-refractivity contribution in [1.29, 1.82) is 0 Å². The number of hydrogen-bond donors (Lipinski definition) is 2. The monoisotopic (exact) mass is 300 g/mol. The molecule has 0 aliphatic heterocycles. The minimum Gasteiger partial charge on any atom is -0.366 e. The average molecular weight is 301 g/mol. The van der Waals surface area contributed by atoms with Crippen molar-refractivity contribution in [3.05, 3.63) is 77.0 Å². The Morgan fingerprint density at radius 3 is 2.38 bits per heavy atom. The second kappa shape index (κ2) is 6.72. The van der Waals surface area contributed by atoms with E-state index < -0.39 is 5.91 Å². The van der Waals surface area contributed by atoms with Crippen LogP contribution in [0.3, 0.4) is 0 Å². The molecule has 0 saturated heterocycles. The van der Waals surface area contributed by atoms with Gasteiger partial charge in [-0.3, -0.25) is 9.59 Å². The van der Waals surface area contributed by atoms with Crippen molar-refractivity contribution in [2.24, 2.45) is 5.73 Å². The third-order valence-corrected chi connectivity index (χ3v) is 3.05. The summed E-state index contributed by atoms with van der Waals surface area (Å²) >= 11 is 5.76. The van der Waals surface area contributed by atoms with Crippen LogP contribution in [-0.4, -0.2) is 11.7 Å². The molecule has 0 fully saturated rings. The lowest BCUT2D eigenvalue weighted by atomic mass is 10.1. The third-order valence-electron chi connectivity index (χ3n) is 2.79. The van der Waals surface area contributed by atoms with Gasteiger partial charge in [-0.2, -0.15) is 0 Å². The number of halogens is 1. The lowest BCUT2D eigenvalue weighted by Crippen LogP contribution is -2.13. The Morgan fingerprint density at radius 2 is 1.71 bits per heavy atom. The van der Waals surface area contributed by atoms with Crippen LogP contribution < -0.4 is 11.1 Å². The number of carbonyl (C=O) groups excluding carboxylic acids is 2. The maximum absolute atomic E-state index is 11.9. The number of nitrogens with one attached hydrogen (secondary N) is 1. The summed E-state index contributed by atoms with van der Waals surface area (Å²) in [4.78, 5) is 23.2. The summed E-state index contributed by atoms with van der Waals surface area (Å²) in [5, 5.41) is 3.45. The van der Waals surface area contributed by atoms with Crippen molar-refractivity contribution >= 4 is 29.0 Å². The van der Waals surface area contributed by atoms with Gasteiger partial charge < -0.3 is 11.1 Å². The standard InChI is InChI=1S/C16H13ClN2O2/c17-12-7-5-11(6-8-12)15(20)9-10-19-14-4-2-1-3-13(14)16(18)21/h1-10,19H,(H2,18,21)/b10-9+. The van der Waals surface area contributed by atoms with Gasteiger partial charge in [-0.25, -0.2) is 0 Å². The number of allylic oxidation sites excluding steroid dienone is 1. The van der Waals surface area contributed by atoms with E-state index in [1.807, 2.05) is 0 Å². The van der Waals surface area contributed by atoms with Gasteiger partial charge in [0.2, 0.25) is 0 Å². The number of hydrogen-bond acceptors (Lipinski definition) is 3. The summed E-state index contributed by atoms with van der Waals surface area (Å²) in [7, 11) is 0. The number of anilines is 1. The Balaban J connectivity index is 2.07. The molecule has 4 nitrogen and oxygen atoms in total. The lowest BCUT2D eigenvalue weighted by molar-refractivity contribution is 0.0999. The molecule has 0 heterocycles. The summed E-state index contributed by atoms with van der Waals surface area (Å²) in [6.07, 6.45) is 2.85. The molecule has 2 rings (SSSR count). The second-order valence-corrected chi connectivity index (χ2v) is 4.70. The molecule has 2 aromatic rings. The fraction of sp³-hybridized carbons (Fsp3) is 0. The number of rotatable bonds is 5. The highest BCUT2D eigenvalue weighted by Gasteiger charge is 2.05. The van der Waals surface area contributed by atoms with Gasteiger partial charge in [-0.15, -0.1) is 0 Å². The molecule has 2 aromatic carbocycles. The molecule has 0 unspecified atom stereocenters. The summed E-state index contributed by atoms with van der Waals surface area (Å²) in [6, 6.07) is 13.4. The van der Waals surface area contributed by atoms with Gasteiger partial charge in [0.1, 0.15) is 0 Å². The molecular formula is C16H13ClN2O2. The minimum absolute atomic E-state index is 0.171. The van der Waals surface area contributed by atoms with E-state index in [0.717, 1.165) is 0 Å². The zero-order valence-corrected chi connectivity index (χ0v) is 11.8. The Bertz CT molecular complexity index is 694. The number of nitrogens with two attached hydrogens (primary N) is 1. The SMILES string of the molecule is NC(=O)c1ccccc1N/C=C/C(=O)c1ccc(Cl)cc1. The van der Waals surface area contributed by atoms with Crippen molar-refractivity contribution in [2.75, 3.05) is 5.32 Å². The van der Waals surface area contributed by atoms with Crippen LogP contribution in [0.2, 0.25) is 5.02 Å². The van der Waals surface area contributed by atoms with Gasteiger partial charge >= 0.3 is 0 Å². The maximum Gasteiger partial charge on any atom is 0.250 e. The number of primary amides is 1. The smallest absolute Gasteiger partial charge is 0.250 e. The topological polar surface area (TPSA) is 72.2 Å². The first-order valence-electron chi connectivity index (χ1n) is 6.20. The average Bonchev–Trinajstić information content (AvgIpc) is 2.48. The zero-order valence-electron chi connectivity index (χ0n) is 11.0. The van der Waals surface area contributed by atoms with E-state index >= 15 is 0 Å². The third kappa shape index (κ3) is 3.94. The van der Waals surface area contributed by atoms with Crippen LogP contribution in [0.5, 0.6) is 0 Å². The first-order chi connectivity index (χ1) is 10.1. The fourth-order valence-corrected chi connectivity index (χ4v) is 1.87.